The molecule has 3 aliphatic heterocycles. The predicted octanol–water partition coefficient (Wildman–Crippen LogP) is 2.78. The Morgan fingerprint density at radius 1 is 1.08 bits per heavy atom. The second-order valence-electron chi connectivity index (χ2n) is 9.31. The highest BCUT2D eigenvalue weighted by molar-refractivity contribution is 6.39. The van der Waals surface area contributed by atoms with Crippen LogP contribution >= 0.6 is 0 Å². The largest absolute Gasteiger partial charge is 0.323 e. The topological polar surface area (TPSA) is 32.3 Å². The normalized spacial score (nSPS) is 30.4. The van der Waals surface area contributed by atoms with Gasteiger partial charge in [-0.05, 0) is 59.2 Å². The van der Waals surface area contributed by atoms with E-state index in [4.69, 9.17) is 0 Å². The third-order valence-corrected chi connectivity index (χ3v) is 6.37. The number of amides is 1. The fourth-order valence-electron chi connectivity index (χ4n) is 5.22. The van der Waals surface area contributed by atoms with Gasteiger partial charge in [-0.15, -0.1) is 0 Å². The smallest absolute Gasteiger partial charge is 0.241 e. The first kappa shape index (κ1) is 16.9. The lowest BCUT2D eigenvalue weighted by molar-refractivity contribution is -0.112. The Balaban J connectivity index is 1.51. The number of benzene rings is 1. The third-order valence-electron chi connectivity index (χ3n) is 6.37. The molecule has 3 saturated heterocycles. The molecule has 4 heteroatoms. The maximum Gasteiger partial charge on any atom is 0.241 e. The molecule has 4 aliphatic rings. The molecule has 1 N–H and O–H groups in total. The van der Waals surface area contributed by atoms with E-state index >= 15 is 0 Å². The van der Waals surface area contributed by atoms with Crippen LogP contribution in [-0.4, -0.2) is 38.3 Å². The van der Waals surface area contributed by atoms with E-state index in [0.29, 0.717) is 11.8 Å². The number of carbonyl (C=O) groups is 1. The summed E-state index contributed by atoms with van der Waals surface area (Å²) in [5.41, 5.74) is 4.74. The van der Waals surface area contributed by atoms with Crippen LogP contribution in [0.2, 0.25) is 0 Å². The maximum absolute atomic E-state index is 12.8. The van der Waals surface area contributed by atoms with E-state index in [1.807, 2.05) is 20.0 Å². The van der Waals surface area contributed by atoms with Crippen molar-refractivity contribution in [2.45, 2.75) is 39.0 Å². The van der Waals surface area contributed by atoms with Crippen molar-refractivity contribution in [3.05, 3.63) is 40.9 Å². The highest BCUT2D eigenvalue weighted by atomic mass is 16.1. The molecule has 4 bridgehead atoms. The molecular formula is C21H29BN2O. The van der Waals surface area contributed by atoms with Gasteiger partial charge < -0.3 is 10.2 Å². The van der Waals surface area contributed by atoms with Crippen LogP contribution < -0.4 is 5.32 Å². The molecule has 132 valence electrons. The highest BCUT2D eigenvalue weighted by Gasteiger charge is 2.45. The zero-order valence-electron chi connectivity index (χ0n) is 15.9. The molecule has 1 amide bonds. The first-order valence-electron chi connectivity index (χ1n) is 9.66. The Hall–Kier alpha value is -1.55. The summed E-state index contributed by atoms with van der Waals surface area (Å²) in [5.74, 6) is 2.17. The van der Waals surface area contributed by atoms with Gasteiger partial charge in [-0.3, -0.25) is 4.79 Å². The molecule has 4 fully saturated rings. The number of nitrogens with zero attached hydrogens (tertiary/aromatic N) is 1. The molecule has 3 nitrogen and oxygen atoms in total. The van der Waals surface area contributed by atoms with E-state index in [0.717, 1.165) is 30.2 Å². The quantitative estimate of drug-likeness (QED) is 0.665. The minimum Gasteiger partial charge on any atom is -0.323 e. The standard InChI is InChI=1S/C21H29BN2O/c1-21(2,3)16-4-6-17(7-5-16)23-20(25)19(22)18-14-8-13-9-15(18)12-24(10-13)11-14/h4-7,13-15H,8-12,22H2,1-3H3,(H,23,25). The van der Waals surface area contributed by atoms with Gasteiger partial charge in [0, 0.05) is 25.3 Å². The van der Waals surface area contributed by atoms with Crippen LogP contribution in [0.3, 0.4) is 0 Å². The second kappa shape index (κ2) is 6.01. The summed E-state index contributed by atoms with van der Waals surface area (Å²) >= 11 is 0. The zero-order valence-corrected chi connectivity index (χ0v) is 15.9. The lowest BCUT2D eigenvalue weighted by atomic mass is 9.62. The van der Waals surface area contributed by atoms with Gasteiger partial charge in [-0.1, -0.05) is 38.5 Å². The maximum atomic E-state index is 12.8. The summed E-state index contributed by atoms with van der Waals surface area (Å²) in [6.07, 6.45) is 2.57. The van der Waals surface area contributed by atoms with E-state index < -0.39 is 0 Å². The van der Waals surface area contributed by atoms with Crippen molar-refractivity contribution in [1.82, 2.24) is 4.90 Å². The van der Waals surface area contributed by atoms with Crippen molar-refractivity contribution in [2.75, 3.05) is 25.0 Å². The van der Waals surface area contributed by atoms with Crippen LogP contribution in [0.1, 0.15) is 39.2 Å². The number of nitrogens with one attached hydrogen (secondary N) is 1. The summed E-state index contributed by atoms with van der Waals surface area (Å²) < 4.78 is 0. The van der Waals surface area contributed by atoms with E-state index in [2.05, 4.69) is 43.1 Å². The molecular weight excluding hydrogens is 307 g/mol. The minimum absolute atomic E-state index is 0.0842. The van der Waals surface area contributed by atoms with Crippen LogP contribution in [0.4, 0.5) is 5.69 Å². The number of piperidine rings is 3. The monoisotopic (exact) mass is 336 g/mol. The molecule has 2 unspecified atom stereocenters. The van der Waals surface area contributed by atoms with Gasteiger partial charge in [0.05, 0.1) is 0 Å². The fourth-order valence-corrected chi connectivity index (χ4v) is 5.22. The molecule has 3 heterocycles. The molecule has 1 aromatic carbocycles. The number of anilines is 1. The Morgan fingerprint density at radius 2 is 1.68 bits per heavy atom. The molecule has 5 rings (SSSR count). The highest BCUT2D eigenvalue weighted by Crippen LogP contribution is 2.47. The van der Waals surface area contributed by atoms with Crippen molar-refractivity contribution < 1.29 is 4.79 Å². The lowest BCUT2D eigenvalue weighted by Crippen LogP contribution is -2.55. The summed E-state index contributed by atoms with van der Waals surface area (Å²) in [6, 6.07) is 8.29. The first-order chi connectivity index (χ1) is 11.8. The Bertz CT molecular complexity index is 684. The Morgan fingerprint density at radius 3 is 2.20 bits per heavy atom. The first-order valence-corrected chi connectivity index (χ1v) is 9.66. The zero-order chi connectivity index (χ0) is 17.8. The average Bonchev–Trinajstić information content (AvgIpc) is 2.53. The molecule has 1 saturated carbocycles. The predicted molar refractivity (Wildman–Crippen MR) is 105 cm³/mol. The second-order valence-corrected chi connectivity index (χ2v) is 9.31. The Kier molecular flexibility index (Phi) is 4.07. The van der Waals surface area contributed by atoms with Gasteiger partial charge in [0.2, 0.25) is 5.91 Å². The van der Waals surface area contributed by atoms with E-state index in [1.54, 1.807) is 0 Å². The van der Waals surface area contributed by atoms with Gasteiger partial charge in [-0.2, -0.15) is 0 Å². The van der Waals surface area contributed by atoms with Crippen LogP contribution in [0.15, 0.2) is 35.3 Å². The number of rotatable bonds is 2. The minimum atomic E-state index is 0.0842. The summed E-state index contributed by atoms with van der Waals surface area (Å²) in [6.45, 7) is 10.2. The van der Waals surface area contributed by atoms with Crippen LogP contribution in [0.5, 0.6) is 0 Å². The van der Waals surface area contributed by atoms with Crippen molar-refractivity contribution in [2.24, 2.45) is 17.8 Å². The van der Waals surface area contributed by atoms with Crippen LogP contribution in [0.25, 0.3) is 0 Å². The fraction of sp³-hybridized carbons (Fsp3) is 0.571. The van der Waals surface area contributed by atoms with Gasteiger partial charge in [0.15, 0.2) is 0 Å². The van der Waals surface area contributed by atoms with Gasteiger partial charge >= 0.3 is 0 Å². The van der Waals surface area contributed by atoms with Gasteiger partial charge in [0.1, 0.15) is 7.85 Å². The molecule has 0 aromatic heterocycles. The molecule has 25 heavy (non-hydrogen) atoms. The Labute approximate surface area is 152 Å². The average molecular weight is 336 g/mol. The SMILES string of the molecule is BC(C(=O)Nc1ccc(C(C)(C)C)cc1)=C1C2CC3CC1CN(C3)C2. The lowest BCUT2D eigenvalue weighted by Gasteiger charge is -2.53. The molecule has 0 radical (unpaired) electrons. The third kappa shape index (κ3) is 3.17. The molecule has 2 atom stereocenters. The van der Waals surface area contributed by atoms with Crippen molar-refractivity contribution >= 4 is 19.4 Å². The van der Waals surface area contributed by atoms with Crippen LogP contribution in [0, 0.1) is 17.8 Å². The summed E-state index contributed by atoms with van der Waals surface area (Å²) in [4.78, 5) is 15.4. The molecule has 1 aliphatic carbocycles. The number of carbonyl (C=O) groups excluding carboxylic acids is 1. The number of hydrogen-bond acceptors (Lipinski definition) is 2. The van der Waals surface area contributed by atoms with E-state index in [9.17, 15) is 4.79 Å². The number of hydrogen-bond donors (Lipinski definition) is 1. The van der Waals surface area contributed by atoms with Crippen molar-refractivity contribution in [3.8, 4) is 0 Å². The van der Waals surface area contributed by atoms with Crippen LogP contribution in [-0.2, 0) is 10.2 Å². The molecule has 0 spiro atoms. The summed E-state index contributed by atoms with van der Waals surface area (Å²) in [5, 5.41) is 3.12. The van der Waals surface area contributed by atoms with Gasteiger partial charge in [-0.25, -0.2) is 0 Å². The molecule has 1 aromatic rings. The van der Waals surface area contributed by atoms with E-state index in [1.165, 1.54) is 30.5 Å². The van der Waals surface area contributed by atoms with Gasteiger partial charge in [0.25, 0.3) is 0 Å². The van der Waals surface area contributed by atoms with Crippen molar-refractivity contribution in [3.63, 3.8) is 0 Å². The summed E-state index contributed by atoms with van der Waals surface area (Å²) in [7, 11) is 2.03. The van der Waals surface area contributed by atoms with Crippen molar-refractivity contribution in [1.29, 1.82) is 0 Å². The van der Waals surface area contributed by atoms with E-state index in [-0.39, 0.29) is 11.3 Å².